The van der Waals surface area contributed by atoms with Gasteiger partial charge in [0.25, 0.3) is 11.8 Å². The van der Waals surface area contributed by atoms with Crippen LogP contribution in [0.5, 0.6) is 0 Å². The van der Waals surface area contributed by atoms with E-state index in [0.717, 1.165) is 29.1 Å². The number of rotatable bonds is 6. The molecule has 2 aromatic rings. The molecule has 1 saturated heterocycles. The normalized spacial score (nSPS) is 17.9. The fourth-order valence-electron chi connectivity index (χ4n) is 3.63. The minimum atomic E-state index is -0.369. The van der Waals surface area contributed by atoms with Gasteiger partial charge in [0.05, 0.1) is 16.2 Å². The summed E-state index contributed by atoms with van der Waals surface area (Å²) in [6.45, 7) is 2.42. The van der Waals surface area contributed by atoms with E-state index in [4.69, 9.17) is 12.2 Å². The first-order chi connectivity index (χ1) is 15.4. The zero-order valence-electron chi connectivity index (χ0n) is 17.3. The maximum Gasteiger partial charge on any atom is 0.267 e. The molecule has 9 heteroatoms. The van der Waals surface area contributed by atoms with Gasteiger partial charge < -0.3 is 5.32 Å². The summed E-state index contributed by atoms with van der Waals surface area (Å²) < 4.78 is 1.30. The number of carbonyl (C=O) groups excluding carboxylic acids is 3. The summed E-state index contributed by atoms with van der Waals surface area (Å²) in [7, 11) is 0. The molecule has 0 radical (unpaired) electrons. The Morgan fingerprint density at radius 2 is 1.88 bits per heavy atom. The number of nitrogens with one attached hydrogen (secondary N) is 1. The Bertz CT molecular complexity index is 1160. The summed E-state index contributed by atoms with van der Waals surface area (Å²) in [6, 6.07) is 14.4. The summed E-state index contributed by atoms with van der Waals surface area (Å²) in [6.07, 6.45) is 1.77. The molecule has 164 valence electrons. The average Bonchev–Trinajstić information content (AvgIpc) is 3.19. The van der Waals surface area contributed by atoms with Gasteiger partial charge >= 0.3 is 0 Å². The lowest BCUT2D eigenvalue weighted by Gasteiger charge is -2.17. The number of unbranched alkanes of at least 4 members (excludes halogenated alkanes) is 1. The number of para-hydroxylation sites is 1. The van der Waals surface area contributed by atoms with E-state index >= 15 is 0 Å². The monoisotopic (exact) mass is 529 g/mol. The van der Waals surface area contributed by atoms with Gasteiger partial charge in [-0.25, -0.2) is 0 Å². The van der Waals surface area contributed by atoms with Gasteiger partial charge in [0.15, 0.2) is 0 Å². The quantitative estimate of drug-likeness (QED) is 0.429. The molecule has 2 aliphatic heterocycles. The minimum Gasteiger partial charge on any atom is -0.324 e. The van der Waals surface area contributed by atoms with E-state index in [1.165, 1.54) is 4.90 Å². The van der Waals surface area contributed by atoms with Crippen molar-refractivity contribution in [2.75, 3.05) is 23.3 Å². The van der Waals surface area contributed by atoms with Crippen LogP contribution < -0.4 is 10.2 Å². The first-order valence-corrected chi connectivity index (χ1v) is 12.2. The molecule has 0 bridgehead atoms. The predicted molar refractivity (Wildman–Crippen MR) is 135 cm³/mol. The summed E-state index contributed by atoms with van der Waals surface area (Å²) in [5.41, 5.74) is 2.19. The largest absolute Gasteiger partial charge is 0.324 e. The molecule has 0 atom stereocenters. The fraction of sp³-hybridized carbons (Fsp3) is 0.217. The minimum absolute atomic E-state index is 0.165. The molecule has 0 spiro atoms. The van der Waals surface area contributed by atoms with Gasteiger partial charge in [0, 0.05) is 22.3 Å². The second kappa shape index (κ2) is 9.56. The van der Waals surface area contributed by atoms with E-state index in [1.807, 2.05) is 25.1 Å². The van der Waals surface area contributed by atoms with E-state index in [1.54, 1.807) is 35.2 Å². The van der Waals surface area contributed by atoms with Crippen LogP contribution in [0.2, 0.25) is 0 Å². The van der Waals surface area contributed by atoms with Crippen LogP contribution in [0.25, 0.3) is 5.57 Å². The smallest absolute Gasteiger partial charge is 0.267 e. The Morgan fingerprint density at radius 1 is 1.09 bits per heavy atom. The molecule has 0 aromatic heterocycles. The van der Waals surface area contributed by atoms with Crippen LogP contribution >= 0.6 is 39.9 Å². The number of halogens is 1. The first kappa shape index (κ1) is 22.7. The van der Waals surface area contributed by atoms with Crippen LogP contribution in [0.3, 0.4) is 0 Å². The lowest BCUT2D eigenvalue weighted by molar-refractivity contribution is -0.122. The molecule has 1 fully saturated rings. The van der Waals surface area contributed by atoms with Crippen LogP contribution in [0.1, 0.15) is 25.3 Å². The number of amides is 3. The Morgan fingerprint density at radius 3 is 2.62 bits per heavy atom. The fourth-order valence-corrected chi connectivity index (χ4v) is 5.40. The van der Waals surface area contributed by atoms with Crippen molar-refractivity contribution in [1.29, 1.82) is 0 Å². The third-order valence-electron chi connectivity index (χ3n) is 5.14. The van der Waals surface area contributed by atoms with Gasteiger partial charge in [0.2, 0.25) is 5.91 Å². The zero-order chi connectivity index (χ0) is 22.8. The molecule has 2 aromatic carbocycles. The van der Waals surface area contributed by atoms with Crippen molar-refractivity contribution in [3.8, 4) is 0 Å². The number of fused-ring (bicyclic) bond motifs is 1. The number of nitrogens with zero attached hydrogens (tertiary/aromatic N) is 2. The van der Waals surface area contributed by atoms with Gasteiger partial charge in [-0.2, -0.15) is 0 Å². The molecule has 3 amide bonds. The van der Waals surface area contributed by atoms with Gasteiger partial charge in [-0.1, -0.05) is 77.5 Å². The maximum atomic E-state index is 13.4. The van der Waals surface area contributed by atoms with Crippen LogP contribution in [-0.2, 0) is 14.4 Å². The van der Waals surface area contributed by atoms with Crippen molar-refractivity contribution in [2.24, 2.45) is 0 Å². The Balaban J connectivity index is 1.63. The van der Waals surface area contributed by atoms with Crippen LogP contribution in [0, 0.1) is 0 Å². The second-order valence-corrected chi connectivity index (χ2v) is 9.91. The van der Waals surface area contributed by atoms with E-state index in [9.17, 15) is 14.4 Å². The summed E-state index contributed by atoms with van der Waals surface area (Å²) in [5.74, 6) is -0.943. The van der Waals surface area contributed by atoms with Crippen molar-refractivity contribution in [1.82, 2.24) is 4.90 Å². The second-order valence-electron chi connectivity index (χ2n) is 7.35. The highest BCUT2D eigenvalue weighted by Crippen LogP contribution is 2.44. The van der Waals surface area contributed by atoms with Crippen molar-refractivity contribution in [3.05, 3.63) is 63.5 Å². The standard InChI is InChI=1S/C23H20BrN3O3S2/c1-2-3-11-26-22(30)20(32-23(26)31)19-16-9-4-5-10-17(16)27(21(19)29)13-18(28)25-15-8-6-7-14(24)12-15/h4-10,12H,2-3,11,13H2,1H3,(H,25,28). The highest BCUT2D eigenvalue weighted by atomic mass is 79.9. The molecule has 4 rings (SSSR count). The van der Waals surface area contributed by atoms with E-state index in [-0.39, 0.29) is 24.3 Å². The predicted octanol–water partition coefficient (Wildman–Crippen LogP) is 4.81. The molecular weight excluding hydrogens is 510 g/mol. The molecule has 0 aliphatic carbocycles. The number of carbonyl (C=O) groups is 3. The molecular formula is C23H20BrN3O3S2. The third-order valence-corrected chi connectivity index (χ3v) is 7.09. The molecule has 6 nitrogen and oxygen atoms in total. The van der Waals surface area contributed by atoms with Crippen molar-refractivity contribution in [2.45, 2.75) is 19.8 Å². The lowest BCUT2D eigenvalue weighted by Crippen LogP contribution is -2.35. The van der Waals surface area contributed by atoms with E-state index in [0.29, 0.717) is 38.3 Å². The topological polar surface area (TPSA) is 69.7 Å². The number of hydrogen-bond donors (Lipinski definition) is 1. The Labute approximate surface area is 204 Å². The molecule has 0 unspecified atom stereocenters. The van der Waals surface area contributed by atoms with Crippen LogP contribution in [-0.4, -0.2) is 40.0 Å². The highest BCUT2D eigenvalue weighted by Gasteiger charge is 2.42. The highest BCUT2D eigenvalue weighted by molar-refractivity contribution is 9.10. The van der Waals surface area contributed by atoms with Gasteiger partial charge in [-0.3, -0.25) is 24.2 Å². The SMILES string of the molecule is CCCCN1C(=O)C(=C2C(=O)N(CC(=O)Nc3cccc(Br)c3)c3ccccc32)SC1=S. The van der Waals surface area contributed by atoms with Crippen molar-refractivity contribution in [3.63, 3.8) is 0 Å². The van der Waals surface area contributed by atoms with Gasteiger partial charge in [-0.05, 0) is 30.7 Å². The molecule has 1 N–H and O–H groups in total. The average molecular weight is 530 g/mol. The summed E-state index contributed by atoms with van der Waals surface area (Å²) >= 11 is 9.94. The zero-order valence-corrected chi connectivity index (χ0v) is 20.5. The molecule has 0 saturated carbocycles. The molecule has 2 aliphatic rings. The molecule has 32 heavy (non-hydrogen) atoms. The van der Waals surface area contributed by atoms with Crippen molar-refractivity contribution >= 4 is 78.9 Å². The van der Waals surface area contributed by atoms with Crippen molar-refractivity contribution < 1.29 is 14.4 Å². The maximum absolute atomic E-state index is 13.4. The first-order valence-electron chi connectivity index (χ1n) is 10.1. The van der Waals surface area contributed by atoms with Gasteiger partial charge in [-0.15, -0.1) is 0 Å². The number of thioether (sulfide) groups is 1. The molecule has 2 heterocycles. The summed E-state index contributed by atoms with van der Waals surface area (Å²) in [4.78, 5) is 42.5. The summed E-state index contributed by atoms with van der Waals surface area (Å²) in [5, 5.41) is 2.81. The van der Waals surface area contributed by atoms with Gasteiger partial charge in [0.1, 0.15) is 10.9 Å². The number of thiocarbonyl (C=S) groups is 1. The number of hydrogen-bond acceptors (Lipinski definition) is 5. The Hall–Kier alpha value is -2.49. The Kier molecular flexibility index (Phi) is 6.78. The number of anilines is 2. The van der Waals surface area contributed by atoms with Crippen LogP contribution in [0.15, 0.2) is 57.9 Å². The lowest BCUT2D eigenvalue weighted by atomic mass is 10.1. The third kappa shape index (κ3) is 4.37. The number of benzene rings is 2. The van der Waals surface area contributed by atoms with Crippen LogP contribution in [0.4, 0.5) is 11.4 Å². The van der Waals surface area contributed by atoms with E-state index < -0.39 is 0 Å². The van der Waals surface area contributed by atoms with E-state index in [2.05, 4.69) is 21.2 Å².